The molecule has 3 unspecified atom stereocenters. The van der Waals surface area contributed by atoms with E-state index in [2.05, 4.69) is 0 Å². The normalized spacial score (nSPS) is 35.2. The fraction of sp³-hybridized carbons (Fsp3) is 1.00. The summed E-state index contributed by atoms with van der Waals surface area (Å²) in [5, 5.41) is 0. The van der Waals surface area contributed by atoms with Crippen LogP contribution in [0.2, 0.25) is 0 Å². The Balaban J connectivity index is 2.23. The van der Waals surface area contributed by atoms with Crippen molar-refractivity contribution in [1.82, 2.24) is 0 Å². The van der Waals surface area contributed by atoms with Crippen LogP contribution in [0.3, 0.4) is 0 Å². The Morgan fingerprint density at radius 1 is 1.45 bits per heavy atom. The highest BCUT2D eigenvalue weighted by Crippen LogP contribution is 2.19. The van der Waals surface area contributed by atoms with Gasteiger partial charge < -0.3 is 16.2 Å². The summed E-state index contributed by atoms with van der Waals surface area (Å²) in [6, 6.07) is 0.326. The molecule has 0 heterocycles. The number of hydrogen-bond acceptors (Lipinski definition) is 3. The molecule has 66 valence electrons. The molecule has 0 bridgehead atoms. The van der Waals surface area contributed by atoms with Gasteiger partial charge in [0.15, 0.2) is 0 Å². The summed E-state index contributed by atoms with van der Waals surface area (Å²) in [5.74, 6) is 0. The molecule has 1 saturated carbocycles. The molecule has 1 aliphatic carbocycles. The molecule has 0 saturated heterocycles. The lowest BCUT2D eigenvalue weighted by Gasteiger charge is -2.27. The van der Waals surface area contributed by atoms with Gasteiger partial charge in [-0.25, -0.2) is 0 Å². The molecule has 3 heteroatoms. The van der Waals surface area contributed by atoms with Crippen LogP contribution >= 0.6 is 0 Å². The van der Waals surface area contributed by atoms with E-state index >= 15 is 0 Å². The zero-order valence-corrected chi connectivity index (χ0v) is 7.12. The molecule has 0 radical (unpaired) electrons. The van der Waals surface area contributed by atoms with Gasteiger partial charge in [-0.05, 0) is 32.6 Å². The molecule has 1 rings (SSSR count). The first kappa shape index (κ1) is 8.97. The summed E-state index contributed by atoms with van der Waals surface area (Å²) in [4.78, 5) is 0. The molecule has 0 amide bonds. The molecule has 1 aliphatic rings. The zero-order valence-electron chi connectivity index (χ0n) is 7.12. The number of nitrogens with two attached hydrogens (primary N) is 2. The van der Waals surface area contributed by atoms with Crippen molar-refractivity contribution in [2.24, 2.45) is 11.5 Å². The monoisotopic (exact) mass is 158 g/mol. The van der Waals surface area contributed by atoms with E-state index in [9.17, 15) is 0 Å². The van der Waals surface area contributed by atoms with Gasteiger partial charge in [-0.1, -0.05) is 0 Å². The first-order valence-electron chi connectivity index (χ1n) is 4.35. The predicted molar refractivity (Wildman–Crippen MR) is 45.0 cm³/mol. The van der Waals surface area contributed by atoms with Crippen molar-refractivity contribution in [3.8, 4) is 0 Å². The smallest absolute Gasteiger partial charge is 0.103 e. The second kappa shape index (κ2) is 4.04. The molecule has 3 nitrogen and oxygen atoms in total. The minimum atomic E-state index is -0.148. The molecule has 0 aliphatic heterocycles. The predicted octanol–water partition coefficient (Wildman–Crippen LogP) is 0.578. The first-order valence-corrected chi connectivity index (χ1v) is 4.35. The summed E-state index contributed by atoms with van der Waals surface area (Å²) in [7, 11) is 0. The van der Waals surface area contributed by atoms with Gasteiger partial charge in [0, 0.05) is 6.04 Å². The highest BCUT2D eigenvalue weighted by atomic mass is 16.5. The van der Waals surface area contributed by atoms with E-state index < -0.39 is 0 Å². The Hall–Kier alpha value is -0.120. The number of rotatable bonds is 2. The Morgan fingerprint density at radius 3 is 2.73 bits per heavy atom. The lowest BCUT2D eigenvalue weighted by Crippen LogP contribution is -2.35. The maximum Gasteiger partial charge on any atom is 0.103 e. The molecule has 0 spiro atoms. The van der Waals surface area contributed by atoms with Crippen LogP contribution in [0.25, 0.3) is 0 Å². The summed E-state index contributed by atoms with van der Waals surface area (Å²) in [6.45, 7) is 1.86. The lowest BCUT2D eigenvalue weighted by atomic mass is 9.93. The molecule has 0 aromatic carbocycles. The Morgan fingerprint density at radius 2 is 2.18 bits per heavy atom. The van der Waals surface area contributed by atoms with Crippen molar-refractivity contribution in [1.29, 1.82) is 0 Å². The molecule has 4 N–H and O–H groups in total. The molecule has 0 aromatic heterocycles. The van der Waals surface area contributed by atoms with Crippen LogP contribution in [-0.2, 0) is 4.74 Å². The first-order chi connectivity index (χ1) is 5.18. The van der Waals surface area contributed by atoms with Crippen LogP contribution < -0.4 is 11.5 Å². The van der Waals surface area contributed by atoms with Crippen LogP contribution in [0.4, 0.5) is 0 Å². The number of hydrogen-bond donors (Lipinski definition) is 2. The van der Waals surface area contributed by atoms with Crippen molar-refractivity contribution in [3.05, 3.63) is 0 Å². The molecular weight excluding hydrogens is 140 g/mol. The van der Waals surface area contributed by atoms with E-state index in [4.69, 9.17) is 16.2 Å². The van der Waals surface area contributed by atoms with Gasteiger partial charge in [0.25, 0.3) is 0 Å². The van der Waals surface area contributed by atoms with Gasteiger partial charge in [0.05, 0.1) is 6.10 Å². The standard InChI is InChI=1S/C8H18N2O/c1-6(9)11-8-4-2-3-7(10)5-8/h6-8H,2-5,9-10H2,1H3. The van der Waals surface area contributed by atoms with E-state index in [0.29, 0.717) is 12.1 Å². The summed E-state index contributed by atoms with van der Waals surface area (Å²) in [6.07, 6.45) is 4.57. The highest BCUT2D eigenvalue weighted by Gasteiger charge is 2.20. The quantitative estimate of drug-likeness (QED) is 0.578. The second-order valence-corrected chi connectivity index (χ2v) is 3.39. The Bertz CT molecular complexity index is 115. The van der Waals surface area contributed by atoms with Crippen molar-refractivity contribution < 1.29 is 4.74 Å². The van der Waals surface area contributed by atoms with Crippen LogP contribution in [0.1, 0.15) is 32.6 Å². The third-order valence-corrected chi connectivity index (χ3v) is 2.07. The Kier molecular flexibility index (Phi) is 3.30. The fourth-order valence-corrected chi connectivity index (χ4v) is 1.61. The van der Waals surface area contributed by atoms with E-state index in [-0.39, 0.29) is 6.23 Å². The minimum Gasteiger partial charge on any atom is -0.361 e. The van der Waals surface area contributed by atoms with Gasteiger partial charge in [-0.3, -0.25) is 0 Å². The van der Waals surface area contributed by atoms with Crippen LogP contribution in [0, 0.1) is 0 Å². The van der Waals surface area contributed by atoms with Crippen LogP contribution in [0.5, 0.6) is 0 Å². The zero-order chi connectivity index (χ0) is 8.27. The minimum absolute atomic E-state index is 0.148. The Labute approximate surface area is 68.1 Å². The molecule has 1 fully saturated rings. The van der Waals surface area contributed by atoms with Crippen molar-refractivity contribution in [2.75, 3.05) is 0 Å². The summed E-state index contributed by atoms with van der Waals surface area (Å²) in [5.41, 5.74) is 11.3. The average Bonchev–Trinajstić information content (AvgIpc) is 1.85. The van der Waals surface area contributed by atoms with E-state index in [1.165, 1.54) is 6.42 Å². The van der Waals surface area contributed by atoms with E-state index in [0.717, 1.165) is 19.3 Å². The van der Waals surface area contributed by atoms with Crippen molar-refractivity contribution in [3.63, 3.8) is 0 Å². The van der Waals surface area contributed by atoms with Crippen molar-refractivity contribution in [2.45, 2.75) is 51.0 Å². The largest absolute Gasteiger partial charge is 0.361 e. The highest BCUT2D eigenvalue weighted by molar-refractivity contribution is 4.75. The van der Waals surface area contributed by atoms with E-state index in [1.54, 1.807) is 0 Å². The van der Waals surface area contributed by atoms with Gasteiger partial charge in [0.2, 0.25) is 0 Å². The molecule has 11 heavy (non-hydrogen) atoms. The fourth-order valence-electron chi connectivity index (χ4n) is 1.61. The molecular formula is C8H18N2O. The maximum atomic E-state index is 5.78. The number of ether oxygens (including phenoxy) is 1. The third kappa shape index (κ3) is 3.18. The van der Waals surface area contributed by atoms with Crippen molar-refractivity contribution >= 4 is 0 Å². The summed E-state index contributed by atoms with van der Waals surface area (Å²) < 4.78 is 5.46. The molecule has 3 atom stereocenters. The molecule has 0 aromatic rings. The van der Waals surface area contributed by atoms with Gasteiger partial charge in [-0.2, -0.15) is 0 Å². The topological polar surface area (TPSA) is 61.3 Å². The SMILES string of the molecule is CC(N)OC1CCCC(N)C1. The van der Waals surface area contributed by atoms with E-state index in [1.807, 2.05) is 6.92 Å². The lowest BCUT2D eigenvalue weighted by molar-refractivity contribution is -0.0211. The average molecular weight is 158 g/mol. The van der Waals surface area contributed by atoms with Crippen LogP contribution in [-0.4, -0.2) is 18.4 Å². The van der Waals surface area contributed by atoms with Gasteiger partial charge in [-0.15, -0.1) is 0 Å². The summed E-state index contributed by atoms with van der Waals surface area (Å²) >= 11 is 0. The van der Waals surface area contributed by atoms with Gasteiger partial charge in [0.1, 0.15) is 6.23 Å². The van der Waals surface area contributed by atoms with Gasteiger partial charge >= 0.3 is 0 Å². The maximum absolute atomic E-state index is 5.78. The third-order valence-electron chi connectivity index (χ3n) is 2.07. The second-order valence-electron chi connectivity index (χ2n) is 3.39. The van der Waals surface area contributed by atoms with Crippen LogP contribution in [0.15, 0.2) is 0 Å².